The highest BCUT2D eigenvalue weighted by atomic mass is 32.3. The van der Waals surface area contributed by atoms with Crippen LogP contribution in [0, 0.1) is 0 Å². The number of rotatable bonds is 6. The lowest BCUT2D eigenvalue weighted by Gasteiger charge is -2.26. The third-order valence-corrected chi connectivity index (χ3v) is 7.63. The monoisotopic (exact) mass is 558 g/mol. The summed E-state index contributed by atoms with van der Waals surface area (Å²) in [5.41, 5.74) is 1.07. The Labute approximate surface area is 220 Å². The van der Waals surface area contributed by atoms with Crippen molar-refractivity contribution < 1.29 is 26.6 Å². The fourth-order valence-electron chi connectivity index (χ4n) is 4.93. The summed E-state index contributed by atoms with van der Waals surface area (Å²) in [6, 6.07) is -3.16. The van der Waals surface area contributed by atoms with E-state index in [1.165, 1.54) is 31.3 Å². The number of carbonyl (C=O) groups excluding carboxylic acids is 2. The third-order valence-electron chi connectivity index (χ3n) is 6.94. The van der Waals surface area contributed by atoms with Gasteiger partial charge in [-0.05, 0) is 0 Å². The molecule has 4 aliphatic heterocycles. The van der Waals surface area contributed by atoms with Crippen LogP contribution in [0.1, 0.15) is 11.4 Å². The van der Waals surface area contributed by atoms with Crippen molar-refractivity contribution in [1.29, 1.82) is 0 Å². The van der Waals surface area contributed by atoms with Crippen LogP contribution in [0.2, 0.25) is 0 Å². The molecule has 0 N–H and O–H groups in total. The van der Waals surface area contributed by atoms with E-state index in [9.17, 15) is 27.6 Å². The zero-order chi connectivity index (χ0) is 27.6. The van der Waals surface area contributed by atoms with Gasteiger partial charge in [-0.2, -0.15) is 18.5 Å². The predicted molar refractivity (Wildman–Crippen MR) is 131 cm³/mol. The zero-order valence-corrected chi connectivity index (χ0v) is 21.5. The zero-order valence-electron chi connectivity index (χ0n) is 20.7. The molecular formula is C22H22N8O8S. The van der Waals surface area contributed by atoms with E-state index in [0.717, 1.165) is 12.4 Å². The normalized spacial score (nSPS) is 22.5. The summed E-state index contributed by atoms with van der Waals surface area (Å²) in [4.78, 5) is 60.3. The van der Waals surface area contributed by atoms with Gasteiger partial charge in [-0.25, -0.2) is 19.6 Å². The van der Waals surface area contributed by atoms with E-state index in [2.05, 4.69) is 9.97 Å². The van der Waals surface area contributed by atoms with Crippen LogP contribution in [-0.2, 0) is 33.1 Å². The summed E-state index contributed by atoms with van der Waals surface area (Å²) in [6.45, 7) is 0.598. The minimum Gasteiger partial charge on any atom is -0.317 e. The largest absolute Gasteiger partial charge is 0.442 e. The van der Waals surface area contributed by atoms with Crippen molar-refractivity contribution in [3.8, 4) is 0 Å². The van der Waals surface area contributed by atoms with Crippen molar-refractivity contribution in [3.63, 3.8) is 0 Å². The van der Waals surface area contributed by atoms with E-state index in [-0.39, 0.29) is 37.3 Å². The molecule has 16 nitrogen and oxygen atoms in total. The minimum absolute atomic E-state index is 0.120. The molecule has 2 saturated heterocycles. The van der Waals surface area contributed by atoms with Gasteiger partial charge in [0.05, 0.1) is 36.9 Å². The van der Waals surface area contributed by atoms with Crippen LogP contribution in [0.5, 0.6) is 0 Å². The van der Waals surface area contributed by atoms with Gasteiger partial charge < -0.3 is 18.9 Å². The first-order valence-corrected chi connectivity index (χ1v) is 13.1. The van der Waals surface area contributed by atoms with Crippen molar-refractivity contribution in [2.24, 2.45) is 14.1 Å². The standard InChI is InChI=1S/C22H22N8O8S/c1-25-9-15(23-7-19(25)31)13-3-5-27-11-17(13)29(21(27)33)37-39(35,36)38-30-18-12-28(22(30)34)6-4-14(18)16-10-26(2)20(32)8-24-16/h3-4,7-10,17-18H,5-6,11-12H2,1-2H3. The van der Waals surface area contributed by atoms with Gasteiger partial charge in [0, 0.05) is 50.7 Å². The van der Waals surface area contributed by atoms with Gasteiger partial charge in [-0.1, -0.05) is 12.2 Å². The number of amides is 4. The Bertz CT molecular complexity index is 1580. The number of hydroxylamine groups is 4. The van der Waals surface area contributed by atoms with Crippen LogP contribution in [0.3, 0.4) is 0 Å². The number of fused-ring (bicyclic) bond motifs is 4. The molecule has 0 aliphatic carbocycles. The summed E-state index contributed by atoms with van der Waals surface area (Å²) in [6.07, 6.45) is 8.62. The lowest BCUT2D eigenvalue weighted by molar-refractivity contribution is -0.0702. The molecule has 2 aromatic heterocycles. The molecule has 6 heterocycles. The fraction of sp³-hybridized carbons (Fsp3) is 0.364. The third kappa shape index (κ3) is 4.19. The topological polar surface area (TPSA) is 169 Å². The van der Waals surface area contributed by atoms with Gasteiger partial charge in [-0.3, -0.25) is 9.59 Å². The first-order valence-electron chi connectivity index (χ1n) is 11.8. The van der Waals surface area contributed by atoms with Crippen LogP contribution < -0.4 is 11.1 Å². The van der Waals surface area contributed by atoms with Crippen LogP contribution in [-0.4, -0.2) is 97.8 Å². The number of hydrogen-bond acceptors (Lipinski definition) is 10. The lowest BCUT2D eigenvalue weighted by atomic mass is 10.0. The maximum atomic E-state index is 13.1. The quantitative estimate of drug-likeness (QED) is 0.415. The number of carbonyl (C=O) groups is 2. The highest BCUT2D eigenvalue weighted by Gasteiger charge is 2.49. The van der Waals surface area contributed by atoms with E-state index in [0.29, 0.717) is 32.7 Å². The van der Waals surface area contributed by atoms with Crippen molar-refractivity contribution in [1.82, 2.24) is 39.0 Å². The second-order valence-electron chi connectivity index (χ2n) is 9.38. The molecule has 2 fully saturated rings. The fourth-order valence-corrected chi connectivity index (χ4v) is 5.69. The number of urea groups is 2. The summed E-state index contributed by atoms with van der Waals surface area (Å²) in [5.74, 6) is 0. The number of aryl methyl sites for hydroxylation is 2. The average molecular weight is 559 g/mol. The summed E-state index contributed by atoms with van der Waals surface area (Å²) < 4.78 is 39.0. The summed E-state index contributed by atoms with van der Waals surface area (Å²) in [5, 5.41) is 1.33. The molecule has 0 radical (unpaired) electrons. The second-order valence-corrected chi connectivity index (χ2v) is 10.5. The molecule has 2 atom stereocenters. The number of nitrogens with zero attached hydrogens (tertiary/aromatic N) is 8. The molecule has 0 aromatic carbocycles. The van der Waals surface area contributed by atoms with Gasteiger partial charge in [-0.15, -0.1) is 8.57 Å². The van der Waals surface area contributed by atoms with E-state index in [1.54, 1.807) is 26.2 Å². The summed E-state index contributed by atoms with van der Waals surface area (Å²) >= 11 is 0. The maximum absolute atomic E-state index is 13.1. The van der Waals surface area contributed by atoms with Crippen LogP contribution >= 0.6 is 0 Å². The smallest absolute Gasteiger partial charge is 0.317 e. The molecule has 4 bridgehead atoms. The maximum Gasteiger partial charge on any atom is 0.442 e. The molecule has 17 heteroatoms. The van der Waals surface area contributed by atoms with Crippen molar-refractivity contribution in [3.05, 3.63) is 69.0 Å². The van der Waals surface area contributed by atoms with E-state index in [4.69, 9.17) is 8.57 Å². The Morgan fingerprint density at radius 3 is 1.54 bits per heavy atom. The Hall–Kier alpha value is -4.35. The van der Waals surface area contributed by atoms with Gasteiger partial charge in [0.25, 0.3) is 11.1 Å². The Morgan fingerprint density at radius 1 is 0.744 bits per heavy atom. The Kier molecular flexibility index (Phi) is 5.67. The van der Waals surface area contributed by atoms with Gasteiger partial charge in [0.15, 0.2) is 0 Å². The average Bonchev–Trinajstić information content (AvgIpc) is 3.27. The molecule has 0 saturated carbocycles. The number of hydrogen-bond donors (Lipinski definition) is 0. The molecule has 2 unspecified atom stereocenters. The minimum atomic E-state index is -4.98. The van der Waals surface area contributed by atoms with Crippen molar-refractivity contribution in [2.75, 3.05) is 26.2 Å². The van der Waals surface area contributed by atoms with Crippen LogP contribution in [0.15, 0.2) is 46.5 Å². The molecule has 6 rings (SSSR count). The predicted octanol–water partition coefficient (Wildman–Crippen LogP) is -1.31. The van der Waals surface area contributed by atoms with E-state index in [1.807, 2.05) is 0 Å². The van der Waals surface area contributed by atoms with Gasteiger partial charge >= 0.3 is 22.5 Å². The molecule has 4 aliphatic rings. The number of aromatic nitrogens is 4. The highest BCUT2D eigenvalue weighted by Crippen LogP contribution is 2.35. The Balaban J connectivity index is 1.24. The second kappa shape index (κ2) is 8.85. The van der Waals surface area contributed by atoms with E-state index < -0.39 is 34.5 Å². The molecule has 4 amide bonds. The van der Waals surface area contributed by atoms with Crippen molar-refractivity contribution in [2.45, 2.75) is 12.1 Å². The SMILES string of the molecule is Cn1cc(C2=CCN3CC2N(OS(=O)(=O)ON2C(=O)N4CC=C(c5cn(C)c(=O)cn5)C2C4)C3=O)ncc1=O. The first-order chi connectivity index (χ1) is 18.5. The van der Waals surface area contributed by atoms with E-state index >= 15 is 0 Å². The van der Waals surface area contributed by atoms with Gasteiger partial charge in [0.1, 0.15) is 12.1 Å². The van der Waals surface area contributed by atoms with Crippen LogP contribution in [0.4, 0.5) is 9.59 Å². The Morgan fingerprint density at radius 2 is 1.15 bits per heavy atom. The lowest BCUT2D eigenvalue weighted by Crippen LogP contribution is -2.42. The first kappa shape index (κ1) is 25.0. The molecule has 204 valence electrons. The van der Waals surface area contributed by atoms with Crippen LogP contribution in [0.25, 0.3) is 11.1 Å². The highest BCUT2D eigenvalue weighted by molar-refractivity contribution is 7.81. The van der Waals surface area contributed by atoms with Crippen molar-refractivity contribution >= 4 is 33.6 Å². The molecular weight excluding hydrogens is 536 g/mol. The molecule has 0 spiro atoms. The molecule has 2 aromatic rings. The summed E-state index contributed by atoms with van der Waals surface area (Å²) in [7, 11) is -1.89. The molecule has 39 heavy (non-hydrogen) atoms. The van der Waals surface area contributed by atoms with Gasteiger partial charge in [0.2, 0.25) is 0 Å².